The van der Waals surface area contributed by atoms with Crippen LogP contribution < -0.4 is 0 Å². The van der Waals surface area contributed by atoms with Crippen LogP contribution in [0.2, 0.25) is 0 Å². The minimum absolute atomic E-state index is 0.683. The highest BCUT2D eigenvalue weighted by Crippen LogP contribution is 2.29. The largest absolute Gasteiger partial charge is 0.375 e. The Kier molecular flexibility index (Phi) is 2.95. The van der Waals surface area contributed by atoms with E-state index in [9.17, 15) is 0 Å². The van der Waals surface area contributed by atoms with Gasteiger partial charge in [-0.15, -0.1) is 0 Å². The molecule has 0 amide bonds. The Hall–Kier alpha value is -0.720. The molecule has 0 aromatic heterocycles. The molecule has 14 heavy (non-hydrogen) atoms. The molecule has 1 aliphatic carbocycles. The van der Waals surface area contributed by atoms with Crippen LogP contribution in [0, 0.1) is 5.92 Å². The SMILES string of the molecule is CC(C)C1=C(N2CCCC2)CCC=C1. The normalized spacial score (nSPS) is 22.6. The van der Waals surface area contributed by atoms with E-state index in [1.165, 1.54) is 38.8 Å². The van der Waals surface area contributed by atoms with Gasteiger partial charge in [0.2, 0.25) is 0 Å². The molecule has 1 heterocycles. The third-order valence-corrected chi connectivity index (χ3v) is 3.29. The van der Waals surface area contributed by atoms with E-state index in [2.05, 4.69) is 30.9 Å². The van der Waals surface area contributed by atoms with Crippen molar-refractivity contribution in [3.8, 4) is 0 Å². The number of allylic oxidation sites excluding steroid dienone is 4. The summed E-state index contributed by atoms with van der Waals surface area (Å²) in [5, 5.41) is 0. The first-order valence-corrected chi connectivity index (χ1v) is 5.93. The quantitative estimate of drug-likeness (QED) is 0.647. The van der Waals surface area contributed by atoms with Crippen LogP contribution in [0.1, 0.15) is 39.5 Å². The summed E-state index contributed by atoms with van der Waals surface area (Å²) in [6, 6.07) is 0. The van der Waals surface area contributed by atoms with Gasteiger partial charge in [-0.05, 0) is 37.2 Å². The van der Waals surface area contributed by atoms with Gasteiger partial charge in [0, 0.05) is 18.8 Å². The summed E-state index contributed by atoms with van der Waals surface area (Å²) < 4.78 is 0. The van der Waals surface area contributed by atoms with Gasteiger partial charge in [0.1, 0.15) is 0 Å². The highest BCUT2D eigenvalue weighted by atomic mass is 15.1. The number of hydrogen-bond donors (Lipinski definition) is 0. The predicted octanol–water partition coefficient (Wildman–Crippen LogP) is 3.34. The fraction of sp³-hybridized carbons (Fsp3) is 0.692. The summed E-state index contributed by atoms with van der Waals surface area (Å²) >= 11 is 0. The number of nitrogens with zero attached hydrogens (tertiary/aromatic N) is 1. The standard InChI is InChI=1S/C13H21N/c1-11(2)12-7-3-4-8-13(12)14-9-5-6-10-14/h3,7,11H,4-6,8-10H2,1-2H3. The van der Waals surface area contributed by atoms with E-state index in [0.29, 0.717) is 5.92 Å². The van der Waals surface area contributed by atoms with Crippen LogP contribution in [-0.2, 0) is 0 Å². The molecule has 0 unspecified atom stereocenters. The second kappa shape index (κ2) is 4.20. The van der Waals surface area contributed by atoms with Crippen LogP contribution in [0.4, 0.5) is 0 Å². The number of likely N-dealkylation sites (tertiary alicyclic amines) is 1. The van der Waals surface area contributed by atoms with Crippen molar-refractivity contribution in [1.82, 2.24) is 4.90 Å². The zero-order valence-corrected chi connectivity index (χ0v) is 9.42. The predicted molar refractivity (Wildman–Crippen MR) is 61.0 cm³/mol. The molecule has 0 bridgehead atoms. The molecule has 0 aromatic carbocycles. The first kappa shape index (κ1) is 9.82. The molecule has 0 saturated carbocycles. The second-order valence-corrected chi connectivity index (χ2v) is 4.69. The molecule has 1 aliphatic heterocycles. The van der Waals surface area contributed by atoms with Gasteiger partial charge in [0.25, 0.3) is 0 Å². The molecule has 0 atom stereocenters. The van der Waals surface area contributed by atoms with Gasteiger partial charge >= 0.3 is 0 Å². The van der Waals surface area contributed by atoms with Crippen molar-refractivity contribution in [3.63, 3.8) is 0 Å². The summed E-state index contributed by atoms with van der Waals surface area (Å²) in [6.45, 7) is 7.20. The molecule has 78 valence electrons. The monoisotopic (exact) mass is 191 g/mol. The van der Waals surface area contributed by atoms with E-state index >= 15 is 0 Å². The molecule has 1 nitrogen and oxygen atoms in total. The first-order chi connectivity index (χ1) is 6.79. The van der Waals surface area contributed by atoms with E-state index in [1.807, 2.05) is 0 Å². The summed E-state index contributed by atoms with van der Waals surface area (Å²) in [5.41, 5.74) is 3.22. The van der Waals surface area contributed by atoms with Crippen molar-refractivity contribution in [2.24, 2.45) is 5.92 Å². The molecule has 2 rings (SSSR count). The third-order valence-electron chi connectivity index (χ3n) is 3.29. The maximum atomic E-state index is 2.61. The lowest BCUT2D eigenvalue weighted by Crippen LogP contribution is -2.22. The molecule has 1 fully saturated rings. The molecule has 0 radical (unpaired) electrons. The topological polar surface area (TPSA) is 3.24 Å². The zero-order chi connectivity index (χ0) is 9.97. The summed E-state index contributed by atoms with van der Waals surface area (Å²) in [7, 11) is 0. The molecular weight excluding hydrogens is 170 g/mol. The molecule has 0 spiro atoms. The minimum atomic E-state index is 0.683. The van der Waals surface area contributed by atoms with Crippen LogP contribution in [0.25, 0.3) is 0 Å². The van der Waals surface area contributed by atoms with Crippen molar-refractivity contribution < 1.29 is 0 Å². The van der Waals surface area contributed by atoms with Gasteiger partial charge in [-0.25, -0.2) is 0 Å². The number of hydrogen-bond acceptors (Lipinski definition) is 1. The molecule has 0 aromatic rings. The maximum Gasteiger partial charge on any atom is 0.0175 e. The lowest BCUT2D eigenvalue weighted by atomic mass is 9.93. The van der Waals surface area contributed by atoms with Gasteiger partial charge in [-0.1, -0.05) is 26.0 Å². The van der Waals surface area contributed by atoms with E-state index in [0.717, 1.165) is 0 Å². The lowest BCUT2D eigenvalue weighted by molar-refractivity contribution is 0.397. The highest BCUT2D eigenvalue weighted by Gasteiger charge is 2.19. The highest BCUT2D eigenvalue weighted by molar-refractivity contribution is 5.30. The Bertz CT molecular complexity index is 254. The Morgan fingerprint density at radius 1 is 1.21 bits per heavy atom. The fourth-order valence-electron chi connectivity index (χ4n) is 2.52. The molecular formula is C13H21N. The van der Waals surface area contributed by atoms with Crippen molar-refractivity contribution in [3.05, 3.63) is 23.4 Å². The minimum Gasteiger partial charge on any atom is -0.375 e. The van der Waals surface area contributed by atoms with Gasteiger partial charge in [0.15, 0.2) is 0 Å². The summed E-state index contributed by atoms with van der Waals surface area (Å²) in [5.74, 6) is 0.683. The average molecular weight is 191 g/mol. The number of rotatable bonds is 2. The van der Waals surface area contributed by atoms with Crippen molar-refractivity contribution in [2.45, 2.75) is 39.5 Å². The van der Waals surface area contributed by atoms with Gasteiger partial charge in [0.05, 0.1) is 0 Å². The Morgan fingerprint density at radius 2 is 1.93 bits per heavy atom. The molecule has 0 N–H and O–H groups in total. The van der Waals surface area contributed by atoms with Crippen LogP contribution in [-0.4, -0.2) is 18.0 Å². The molecule has 1 saturated heterocycles. The first-order valence-electron chi connectivity index (χ1n) is 5.93. The van der Waals surface area contributed by atoms with Gasteiger partial charge in [-0.3, -0.25) is 0 Å². The van der Waals surface area contributed by atoms with Crippen LogP contribution >= 0.6 is 0 Å². The Labute approximate surface area is 87.5 Å². The van der Waals surface area contributed by atoms with E-state index in [1.54, 1.807) is 11.3 Å². The van der Waals surface area contributed by atoms with Crippen LogP contribution in [0.15, 0.2) is 23.4 Å². The Morgan fingerprint density at radius 3 is 2.57 bits per heavy atom. The van der Waals surface area contributed by atoms with Gasteiger partial charge in [-0.2, -0.15) is 0 Å². The van der Waals surface area contributed by atoms with E-state index in [-0.39, 0.29) is 0 Å². The summed E-state index contributed by atoms with van der Waals surface area (Å²) in [4.78, 5) is 2.61. The van der Waals surface area contributed by atoms with E-state index in [4.69, 9.17) is 0 Å². The Balaban J connectivity index is 2.22. The summed E-state index contributed by atoms with van der Waals surface area (Å²) in [6.07, 6.45) is 9.96. The third kappa shape index (κ3) is 1.87. The fourth-order valence-corrected chi connectivity index (χ4v) is 2.52. The van der Waals surface area contributed by atoms with Crippen LogP contribution in [0.5, 0.6) is 0 Å². The molecule has 1 heteroatoms. The average Bonchev–Trinajstić information content (AvgIpc) is 2.70. The zero-order valence-electron chi connectivity index (χ0n) is 9.42. The second-order valence-electron chi connectivity index (χ2n) is 4.69. The van der Waals surface area contributed by atoms with Crippen molar-refractivity contribution >= 4 is 0 Å². The smallest absolute Gasteiger partial charge is 0.0175 e. The molecule has 2 aliphatic rings. The lowest BCUT2D eigenvalue weighted by Gasteiger charge is -2.28. The van der Waals surface area contributed by atoms with Gasteiger partial charge < -0.3 is 4.90 Å². The van der Waals surface area contributed by atoms with Crippen LogP contribution in [0.3, 0.4) is 0 Å². The van der Waals surface area contributed by atoms with Crippen molar-refractivity contribution in [2.75, 3.05) is 13.1 Å². The van der Waals surface area contributed by atoms with Crippen molar-refractivity contribution in [1.29, 1.82) is 0 Å². The van der Waals surface area contributed by atoms with E-state index < -0.39 is 0 Å². The maximum absolute atomic E-state index is 2.61.